The molecule has 0 aliphatic heterocycles. The van der Waals surface area contributed by atoms with Gasteiger partial charge in [0.15, 0.2) is 17.3 Å². The van der Waals surface area contributed by atoms with Crippen LogP contribution in [0.15, 0.2) is 53.4 Å². The van der Waals surface area contributed by atoms with E-state index >= 15 is 0 Å². The van der Waals surface area contributed by atoms with Crippen molar-refractivity contribution >= 4 is 21.9 Å². The first-order valence-corrected chi connectivity index (χ1v) is 10.2. The predicted octanol–water partition coefficient (Wildman–Crippen LogP) is 3.63. The SMILES string of the molecule is COc1cccc(C=CC(=O)c2ccc(S(=O)(=O)N(C)C)cc2)c1OC(C)C. The number of carbonyl (C=O) groups is 1. The van der Waals surface area contributed by atoms with Crippen LogP contribution in [-0.4, -0.2) is 45.8 Å². The van der Waals surface area contributed by atoms with Crippen LogP contribution >= 0.6 is 0 Å². The molecule has 0 aliphatic rings. The molecule has 0 aromatic heterocycles. The molecule has 2 rings (SSSR count). The van der Waals surface area contributed by atoms with Crippen molar-refractivity contribution < 1.29 is 22.7 Å². The van der Waals surface area contributed by atoms with Crippen molar-refractivity contribution in [3.8, 4) is 11.5 Å². The number of benzene rings is 2. The van der Waals surface area contributed by atoms with Crippen LogP contribution < -0.4 is 9.47 Å². The number of rotatable bonds is 8. The summed E-state index contributed by atoms with van der Waals surface area (Å²) in [5.74, 6) is 0.908. The summed E-state index contributed by atoms with van der Waals surface area (Å²) in [6, 6.07) is 11.3. The fraction of sp³-hybridized carbons (Fsp3) is 0.286. The van der Waals surface area contributed by atoms with Gasteiger partial charge in [0.25, 0.3) is 0 Å². The molecule has 0 aliphatic carbocycles. The van der Waals surface area contributed by atoms with E-state index in [0.717, 1.165) is 4.31 Å². The molecule has 0 saturated heterocycles. The van der Waals surface area contributed by atoms with Gasteiger partial charge in [0.2, 0.25) is 10.0 Å². The number of allylic oxidation sites excluding steroid dienone is 1. The van der Waals surface area contributed by atoms with E-state index in [4.69, 9.17) is 9.47 Å². The highest BCUT2D eigenvalue weighted by molar-refractivity contribution is 7.89. The second-order valence-corrected chi connectivity index (χ2v) is 8.71. The van der Waals surface area contributed by atoms with Crippen molar-refractivity contribution in [1.82, 2.24) is 4.31 Å². The predicted molar refractivity (Wildman–Crippen MR) is 109 cm³/mol. The summed E-state index contributed by atoms with van der Waals surface area (Å²) >= 11 is 0. The maximum Gasteiger partial charge on any atom is 0.242 e. The quantitative estimate of drug-likeness (QED) is 0.497. The van der Waals surface area contributed by atoms with E-state index in [0.29, 0.717) is 22.6 Å². The van der Waals surface area contributed by atoms with Gasteiger partial charge in [0, 0.05) is 25.2 Å². The minimum atomic E-state index is -3.53. The van der Waals surface area contributed by atoms with Crippen molar-refractivity contribution in [1.29, 1.82) is 0 Å². The number of nitrogens with zero attached hydrogens (tertiary/aromatic N) is 1. The third-order valence-corrected chi connectivity index (χ3v) is 5.74. The van der Waals surface area contributed by atoms with Gasteiger partial charge in [-0.15, -0.1) is 0 Å². The fourth-order valence-corrected chi connectivity index (χ4v) is 3.35. The van der Waals surface area contributed by atoms with Crippen LogP contribution in [0.2, 0.25) is 0 Å². The molecule has 0 unspecified atom stereocenters. The van der Waals surface area contributed by atoms with E-state index < -0.39 is 10.0 Å². The van der Waals surface area contributed by atoms with Crippen molar-refractivity contribution in [2.75, 3.05) is 21.2 Å². The number of ketones is 1. The van der Waals surface area contributed by atoms with E-state index in [1.807, 2.05) is 26.0 Å². The van der Waals surface area contributed by atoms with E-state index in [1.54, 1.807) is 19.3 Å². The van der Waals surface area contributed by atoms with Crippen LogP contribution in [0.25, 0.3) is 6.08 Å². The molecule has 28 heavy (non-hydrogen) atoms. The second-order valence-electron chi connectivity index (χ2n) is 6.55. The third kappa shape index (κ3) is 4.99. The Labute approximate surface area is 166 Å². The summed E-state index contributed by atoms with van der Waals surface area (Å²) in [4.78, 5) is 12.6. The summed E-state index contributed by atoms with van der Waals surface area (Å²) in [5, 5.41) is 0. The molecule has 0 bridgehead atoms. The average molecular weight is 404 g/mol. The molecular weight excluding hydrogens is 378 g/mol. The lowest BCUT2D eigenvalue weighted by Crippen LogP contribution is -2.22. The normalized spacial score (nSPS) is 12.0. The van der Waals surface area contributed by atoms with Gasteiger partial charge < -0.3 is 9.47 Å². The Morgan fingerprint density at radius 2 is 1.71 bits per heavy atom. The summed E-state index contributed by atoms with van der Waals surface area (Å²) < 4.78 is 36.5. The Morgan fingerprint density at radius 3 is 2.25 bits per heavy atom. The standard InChI is InChI=1S/C21H25NO5S/c1-15(2)27-21-17(7-6-8-20(21)26-5)11-14-19(23)16-9-12-18(13-10-16)28(24,25)22(3)4/h6-15H,1-5H3. The zero-order chi connectivity index (χ0) is 20.9. The van der Waals surface area contributed by atoms with Crippen LogP contribution in [0.1, 0.15) is 29.8 Å². The Morgan fingerprint density at radius 1 is 1.07 bits per heavy atom. The molecular formula is C21H25NO5S. The van der Waals surface area contributed by atoms with Crippen LogP contribution in [0.4, 0.5) is 0 Å². The van der Waals surface area contributed by atoms with Gasteiger partial charge in [0.1, 0.15) is 0 Å². The zero-order valence-electron chi connectivity index (χ0n) is 16.7. The molecule has 2 aromatic carbocycles. The number of carbonyl (C=O) groups excluding carboxylic acids is 1. The Hall–Kier alpha value is -2.64. The zero-order valence-corrected chi connectivity index (χ0v) is 17.5. The molecule has 2 aromatic rings. The lowest BCUT2D eigenvalue weighted by atomic mass is 10.1. The van der Waals surface area contributed by atoms with Gasteiger partial charge in [-0.05, 0) is 56.3 Å². The van der Waals surface area contributed by atoms with Crippen molar-refractivity contribution in [2.24, 2.45) is 0 Å². The smallest absolute Gasteiger partial charge is 0.242 e. The van der Waals surface area contributed by atoms with E-state index in [-0.39, 0.29) is 16.8 Å². The third-order valence-electron chi connectivity index (χ3n) is 3.91. The minimum Gasteiger partial charge on any atom is -0.493 e. The maximum absolute atomic E-state index is 12.5. The topological polar surface area (TPSA) is 72.9 Å². The molecule has 0 N–H and O–H groups in total. The number of hydrogen-bond acceptors (Lipinski definition) is 5. The fourth-order valence-electron chi connectivity index (χ4n) is 2.45. The van der Waals surface area contributed by atoms with Crippen molar-refractivity contribution in [3.05, 3.63) is 59.7 Å². The Kier molecular flexibility index (Phi) is 6.99. The van der Waals surface area contributed by atoms with Gasteiger partial charge in [0.05, 0.1) is 18.1 Å². The number of sulfonamides is 1. The van der Waals surface area contributed by atoms with Crippen LogP contribution in [-0.2, 0) is 10.0 Å². The summed E-state index contributed by atoms with van der Waals surface area (Å²) in [6.07, 6.45) is 3.04. The van der Waals surface area contributed by atoms with Crippen LogP contribution in [0.5, 0.6) is 11.5 Å². The number of para-hydroxylation sites is 1. The highest BCUT2D eigenvalue weighted by Crippen LogP contribution is 2.33. The van der Waals surface area contributed by atoms with Crippen molar-refractivity contribution in [2.45, 2.75) is 24.8 Å². The van der Waals surface area contributed by atoms with Gasteiger partial charge in [-0.25, -0.2) is 12.7 Å². The largest absolute Gasteiger partial charge is 0.493 e. The van der Waals surface area contributed by atoms with E-state index in [2.05, 4.69) is 0 Å². The number of ether oxygens (including phenoxy) is 2. The molecule has 7 heteroatoms. The highest BCUT2D eigenvalue weighted by Gasteiger charge is 2.17. The van der Waals surface area contributed by atoms with E-state index in [9.17, 15) is 13.2 Å². The molecule has 0 spiro atoms. The molecule has 150 valence electrons. The summed E-state index contributed by atoms with van der Waals surface area (Å²) in [6.45, 7) is 3.82. The Bertz CT molecular complexity index is 961. The molecule has 0 fully saturated rings. The number of hydrogen-bond donors (Lipinski definition) is 0. The molecule has 0 amide bonds. The first kappa shape index (κ1) is 21.7. The van der Waals surface area contributed by atoms with Gasteiger partial charge in [-0.2, -0.15) is 0 Å². The molecule has 6 nitrogen and oxygen atoms in total. The highest BCUT2D eigenvalue weighted by atomic mass is 32.2. The first-order valence-electron chi connectivity index (χ1n) is 8.75. The number of methoxy groups -OCH3 is 1. The van der Waals surface area contributed by atoms with Gasteiger partial charge in [-0.1, -0.05) is 12.1 Å². The lowest BCUT2D eigenvalue weighted by Gasteiger charge is -2.15. The monoisotopic (exact) mass is 403 g/mol. The lowest BCUT2D eigenvalue weighted by molar-refractivity contribution is 0.104. The van der Waals surface area contributed by atoms with E-state index in [1.165, 1.54) is 44.4 Å². The van der Waals surface area contributed by atoms with Crippen LogP contribution in [0, 0.1) is 0 Å². The van der Waals surface area contributed by atoms with Gasteiger partial charge in [-0.3, -0.25) is 4.79 Å². The van der Waals surface area contributed by atoms with Crippen molar-refractivity contribution in [3.63, 3.8) is 0 Å². The molecule has 0 radical (unpaired) electrons. The molecule has 0 saturated carbocycles. The molecule has 0 heterocycles. The van der Waals surface area contributed by atoms with Gasteiger partial charge >= 0.3 is 0 Å². The molecule has 0 atom stereocenters. The second kappa shape index (κ2) is 9.03. The van der Waals surface area contributed by atoms with Crippen LogP contribution in [0.3, 0.4) is 0 Å². The summed E-state index contributed by atoms with van der Waals surface area (Å²) in [7, 11) is 0.955. The minimum absolute atomic E-state index is 0.0506. The Balaban J connectivity index is 2.27. The maximum atomic E-state index is 12.5. The summed E-state index contributed by atoms with van der Waals surface area (Å²) in [5.41, 5.74) is 1.11. The first-order chi connectivity index (χ1) is 13.2. The average Bonchev–Trinajstić information content (AvgIpc) is 2.66.